The number of nitrogens with two attached hydrogens (primary N) is 1. The Kier molecular flexibility index (Phi) is 4.57. The fourth-order valence-electron chi connectivity index (χ4n) is 1.44. The van der Waals surface area contributed by atoms with E-state index in [1.807, 2.05) is 31.2 Å². The van der Waals surface area contributed by atoms with Gasteiger partial charge < -0.3 is 15.8 Å². The number of benzene rings is 1. The number of methoxy groups -OCH3 is 1. The van der Waals surface area contributed by atoms with Crippen LogP contribution in [0.15, 0.2) is 36.0 Å². The molecular formula is C13H18N2O2. The first-order chi connectivity index (χ1) is 8.02. The first kappa shape index (κ1) is 13.1. The Labute approximate surface area is 101 Å². The van der Waals surface area contributed by atoms with Gasteiger partial charge in [0.1, 0.15) is 5.75 Å². The number of carbonyl (C=O) groups excluding carboxylic acids is 1. The Morgan fingerprint density at radius 3 is 2.47 bits per heavy atom. The molecular weight excluding hydrogens is 216 g/mol. The second-order valence-electron chi connectivity index (χ2n) is 3.89. The van der Waals surface area contributed by atoms with E-state index in [0.717, 1.165) is 11.3 Å². The quantitative estimate of drug-likeness (QED) is 0.780. The van der Waals surface area contributed by atoms with Crippen LogP contribution in [0.5, 0.6) is 5.75 Å². The number of rotatable bonds is 4. The lowest BCUT2D eigenvalue weighted by atomic mass is 10.1. The van der Waals surface area contributed by atoms with E-state index in [2.05, 4.69) is 5.32 Å². The zero-order valence-electron chi connectivity index (χ0n) is 10.4. The van der Waals surface area contributed by atoms with E-state index < -0.39 is 0 Å². The summed E-state index contributed by atoms with van der Waals surface area (Å²) in [6.07, 6.45) is 1.38. The SMILES string of the molecule is COc1ccc([C@H](C)NC(=O)/C=C(\C)N)cc1. The van der Waals surface area contributed by atoms with Gasteiger partial charge >= 0.3 is 0 Å². The van der Waals surface area contributed by atoms with E-state index in [9.17, 15) is 4.79 Å². The minimum atomic E-state index is -0.187. The summed E-state index contributed by atoms with van der Waals surface area (Å²) in [5.74, 6) is 0.610. The van der Waals surface area contributed by atoms with Crippen LogP contribution >= 0.6 is 0 Å². The summed E-state index contributed by atoms with van der Waals surface area (Å²) in [4.78, 5) is 11.5. The molecule has 0 aliphatic heterocycles. The van der Waals surface area contributed by atoms with Crippen LogP contribution in [0, 0.1) is 0 Å². The minimum absolute atomic E-state index is 0.0657. The molecule has 0 spiro atoms. The Balaban J connectivity index is 2.66. The highest BCUT2D eigenvalue weighted by Crippen LogP contribution is 2.17. The minimum Gasteiger partial charge on any atom is -0.497 e. The maximum absolute atomic E-state index is 11.5. The molecule has 17 heavy (non-hydrogen) atoms. The van der Waals surface area contributed by atoms with Gasteiger partial charge in [0.15, 0.2) is 0 Å². The van der Waals surface area contributed by atoms with Gasteiger partial charge in [-0.25, -0.2) is 0 Å². The van der Waals surface area contributed by atoms with Gasteiger partial charge in [-0.3, -0.25) is 4.79 Å². The van der Waals surface area contributed by atoms with Crippen LogP contribution in [-0.2, 0) is 4.79 Å². The molecule has 0 bridgehead atoms. The number of hydrogen-bond acceptors (Lipinski definition) is 3. The predicted molar refractivity (Wildman–Crippen MR) is 67.5 cm³/mol. The number of nitrogens with one attached hydrogen (secondary N) is 1. The normalized spacial score (nSPS) is 13.0. The highest BCUT2D eigenvalue weighted by atomic mass is 16.5. The molecule has 0 aromatic heterocycles. The molecule has 0 fully saturated rings. The van der Waals surface area contributed by atoms with E-state index in [1.165, 1.54) is 6.08 Å². The predicted octanol–water partition coefficient (Wildman–Crippen LogP) is 1.73. The largest absolute Gasteiger partial charge is 0.497 e. The number of carbonyl (C=O) groups is 1. The summed E-state index contributed by atoms with van der Waals surface area (Å²) in [5.41, 5.74) is 6.94. The first-order valence-electron chi connectivity index (χ1n) is 5.41. The highest BCUT2D eigenvalue weighted by Gasteiger charge is 2.07. The topological polar surface area (TPSA) is 64.3 Å². The second-order valence-corrected chi connectivity index (χ2v) is 3.89. The molecule has 0 aliphatic carbocycles. The van der Waals surface area contributed by atoms with Crippen molar-refractivity contribution in [3.63, 3.8) is 0 Å². The van der Waals surface area contributed by atoms with Gasteiger partial charge in [0.05, 0.1) is 13.2 Å². The zero-order valence-corrected chi connectivity index (χ0v) is 10.4. The standard InChI is InChI=1S/C13H18N2O2/c1-9(14)8-13(16)15-10(2)11-4-6-12(17-3)7-5-11/h4-8,10H,14H2,1-3H3,(H,15,16)/b9-8+/t10-/m0/s1. The third-order valence-electron chi connectivity index (χ3n) is 2.33. The lowest BCUT2D eigenvalue weighted by Crippen LogP contribution is -2.25. The number of amides is 1. The summed E-state index contributed by atoms with van der Waals surface area (Å²) < 4.78 is 5.07. The molecule has 4 heteroatoms. The Morgan fingerprint density at radius 1 is 1.41 bits per heavy atom. The van der Waals surface area contributed by atoms with Gasteiger partial charge in [0.2, 0.25) is 5.91 Å². The number of hydrogen-bond donors (Lipinski definition) is 2. The molecule has 1 rings (SSSR count). The van der Waals surface area contributed by atoms with Crippen LogP contribution in [0.1, 0.15) is 25.5 Å². The lowest BCUT2D eigenvalue weighted by molar-refractivity contribution is -0.117. The second kappa shape index (κ2) is 5.94. The van der Waals surface area contributed by atoms with Crippen LogP contribution in [-0.4, -0.2) is 13.0 Å². The summed E-state index contributed by atoms with van der Waals surface area (Å²) in [6.45, 7) is 3.59. The van der Waals surface area contributed by atoms with E-state index >= 15 is 0 Å². The molecule has 3 N–H and O–H groups in total. The molecule has 1 amide bonds. The van der Waals surface area contributed by atoms with Crippen molar-refractivity contribution >= 4 is 5.91 Å². The van der Waals surface area contributed by atoms with E-state index in [0.29, 0.717) is 5.70 Å². The van der Waals surface area contributed by atoms with Crippen LogP contribution in [0.2, 0.25) is 0 Å². The van der Waals surface area contributed by atoms with Gasteiger partial charge in [-0.2, -0.15) is 0 Å². The maximum atomic E-state index is 11.5. The first-order valence-corrected chi connectivity index (χ1v) is 5.41. The molecule has 4 nitrogen and oxygen atoms in total. The summed E-state index contributed by atoms with van der Waals surface area (Å²) >= 11 is 0. The fraction of sp³-hybridized carbons (Fsp3) is 0.308. The van der Waals surface area contributed by atoms with Crippen LogP contribution in [0.4, 0.5) is 0 Å². The summed E-state index contributed by atoms with van der Waals surface area (Å²) in [6, 6.07) is 7.50. The smallest absolute Gasteiger partial charge is 0.246 e. The maximum Gasteiger partial charge on any atom is 0.246 e. The average molecular weight is 234 g/mol. The van der Waals surface area contributed by atoms with Gasteiger partial charge in [-0.05, 0) is 31.5 Å². The summed E-state index contributed by atoms with van der Waals surface area (Å²) in [7, 11) is 1.62. The lowest BCUT2D eigenvalue weighted by Gasteiger charge is -2.13. The van der Waals surface area contributed by atoms with Crippen molar-refractivity contribution < 1.29 is 9.53 Å². The Bertz CT molecular complexity index is 406. The Hall–Kier alpha value is -1.97. The molecule has 0 aliphatic rings. The van der Waals surface area contributed by atoms with Crippen molar-refractivity contribution in [3.8, 4) is 5.75 Å². The van der Waals surface area contributed by atoms with Gasteiger partial charge in [0, 0.05) is 11.8 Å². The molecule has 0 unspecified atom stereocenters. The number of allylic oxidation sites excluding steroid dienone is 1. The molecule has 0 saturated heterocycles. The average Bonchev–Trinajstić information content (AvgIpc) is 2.28. The molecule has 92 valence electrons. The third kappa shape index (κ3) is 4.18. The molecule has 1 aromatic carbocycles. The Morgan fingerprint density at radius 2 is 2.00 bits per heavy atom. The van der Waals surface area contributed by atoms with Gasteiger partial charge in [0.25, 0.3) is 0 Å². The molecule has 1 atom stereocenters. The van der Waals surface area contributed by atoms with Crippen molar-refractivity contribution in [1.82, 2.24) is 5.32 Å². The third-order valence-corrected chi connectivity index (χ3v) is 2.33. The highest BCUT2D eigenvalue weighted by molar-refractivity contribution is 5.88. The van der Waals surface area contributed by atoms with Crippen molar-refractivity contribution in [2.24, 2.45) is 5.73 Å². The van der Waals surface area contributed by atoms with Crippen LogP contribution in [0.3, 0.4) is 0 Å². The van der Waals surface area contributed by atoms with Gasteiger partial charge in [-0.15, -0.1) is 0 Å². The van der Waals surface area contributed by atoms with E-state index in [-0.39, 0.29) is 11.9 Å². The molecule has 0 heterocycles. The van der Waals surface area contributed by atoms with E-state index in [4.69, 9.17) is 10.5 Å². The van der Waals surface area contributed by atoms with Crippen LogP contribution < -0.4 is 15.8 Å². The molecule has 1 aromatic rings. The van der Waals surface area contributed by atoms with Gasteiger partial charge in [-0.1, -0.05) is 12.1 Å². The fourth-order valence-corrected chi connectivity index (χ4v) is 1.44. The monoisotopic (exact) mass is 234 g/mol. The van der Waals surface area contributed by atoms with E-state index in [1.54, 1.807) is 14.0 Å². The van der Waals surface area contributed by atoms with Crippen molar-refractivity contribution in [2.75, 3.05) is 7.11 Å². The molecule has 0 saturated carbocycles. The van der Waals surface area contributed by atoms with Crippen molar-refractivity contribution in [3.05, 3.63) is 41.6 Å². The van der Waals surface area contributed by atoms with Crippen molar-refractivity contribution in [2.45, 2.75) is 19.9 Å². The van der Waals surface area contributed by atoms with Crippen LogP contribution in [0.25, 0.3) is 0 Å². The molecule has 0 radical (unpaired) electrons. The summed E-state index contributed by atoms with van der Waals surface area (Å²) in [5, 5.41) is 2.83. The zero-order chi connectivity index (χ0) is 12.8. The number of ether oxygens (including phenoxy) is 1. The van der Waals surface area contributed by atoms with Crippen molar-refractivity contribution in [1.29, 1.82) is 0 Å².